The Kier molecular flexibility index (Phi) is 20.1. The molecule has 0 aliphatic heterocycles. The molecular weight excluding hydrogens is 498 g/mol. The molecule has 0 aliphatic carbocycles. The number of carbonyl (C=O) groups is 5. The number of primary amides is 1. The molecule has 5 atom stereocenters. The zero-order valence-electron chi connectivity index (χ0n) is 22.3. The molecule has 0 aromatic heterocycles. The Labute approximate surface area is 224 Å². The molecule has 2 unspecified atom stereocenters. The average molecular weight is 546 g/mol. The van der Waals surface area contributed by atoms with Gasteiger partial charge in [-0.3, -0.25) is 19.2 Å². The minimum Gasteiger partial charge on any atom is -0.396 e. The second-order valence-corrected chi connectivity index (χ2v) is 10.7. The van der Waals surface area contributed by atoms with Gasteiger partial charge in [0, 0.05) is 19.4 Å². The van der Waals surface area contributed by atoms with Crippen LogP contribution in [0.3, 0.4) is 0 Å². The zero-order valence-corrected chi connectivity index (χ0v) is 23.1. The van der Waals surface area contributed by atoms with Crippen molar-refractivity contribution in [3.8, 4) is 0 Å². The van der Waals surface area contributed by atoms with Crippen molar-refractivity contribution in [2.24, 2.45) is 29.0 Å². The highest BCUT2D eigenvalue weighted by molar-refractivity contribution is 7.99. The van der Waals surface area contributed by atoms with Crippen LogP contribution in [0.4, 0.5) is 0 Å². The summed E-state index contributed by atoms with van der Waals surface area (Å²) in [6, 6.07) is -2.25. The Morgan fingerprint density at radius 2 is 1.78 bits per heavy atom. The summed E-state index contributed by atoms with van der Waals surface area (Å²) >= 11 is 1.61. The third-order valence-corrected chi connectivity index (χ3v) is 7.37. The summed E-state index contributed by atoms with van der Waals surface area (Å²) in [6.07, 6.45) is 4.28. The highest BCUT2D eigenvalue weighted by Gasteiger charge is 2.26. The summed E-state index contributed by atoms with van der Waals surface area (Å²) in [5.74, 6) is -0.231. The standard InChI is InChI=1S/C25H47N5O6S/c1-3-17(2)22(16-32)29-14-19(33)6-4-5-10-37-11-8-21(23(34)12-18(15-31)7-9-26)30-25(36)20(27)13-24(28)35/h16-18,20-22,29,31H,3-15,26-27H2,1-2H3,(H2,28,35)(H,30,36)/t17-,18?,20+,21?,22-/m1/s1. The largest absolute Gasteiger partial charge is 0.396 e. The third kappa shape index (κ3) is 16.6. The fraction of sp³-hybridized carbons (Fsp3) is 0.800. The fourth-order valence-corrected chi connectivity index (χ4v) is 4.62. The first-order valence-electron chi connectivity index (χ1n) is 13.0. The number of Topliss-reactive ketones (excluding diaryl/α,β-unsaturated/α-hetero) is 2. The molecule has 0 aliphatic rings. The predicted octanol–water partition coefficient (Wildman–Crippen LogP) is -0.344. The molecule has 0 rings (SSSR count). The third-order valence-electron chi connectivity index (χ3n) is 6.27. The molecule has 2 amide bonds. The van der Waals surface area contributed by atoms with Crippen LogP contribution in [-0.2, 0) is 24.0 Å². The number of hydrogen-bond donors (Lipinski definition) is 6. The number of amides is 2. The maximum atomic E-state index is 12.8. The van der Waals surface area contributed by atoms with Crippen LogP contribution < -0.4 is 27.8 Å². The summed E-state index contributed by atoms with van der Waals surface area (Å²) in [4.78, 5) is 59.5. The van der Waals surface area contributed by atoms with Crippen molar-refractivity contribution >= 4 is 41.4 Å². The van der Waals surface area contributed by atoms with Crippen molar-refractivity contribution in [3.63, 3.8) is 0 Å². The van der Waals surface area contributed by atoms with Crippen LogP contribution in [0, 0.1) is 11.8 Å². The van der Waals surface area contributed by atoms with Crippen LogP contribution in [-0.4, -0.2) is 84.1 Å². The first kappa shape index (κ1) is 35.1. The van der Waals surface area contributed by atoms with Gasteiger partial charge in [-0.05, 0) is 55.6 Å². The summed E-state index contributed by atoms with van der Waals surface area (Å²) in [5.41, 5.74) is 16.4. The molecule has 0 bridgehead atoms. The summed E-state index contributed by atoms with van der Waals surface area (Å²) in [6.45, 7) is 4.31. The average Bonchev–Trinajstić information content (AvgIpc) is 2.86. The second kappa shape index (κ2) is 21.1. The number of nitrogens with two attached hydrogens (primary N) is 3. The van der Waals surface area contributed by atoms with Crippen LogP contribution in [0.1, 0.15) is 65.2 Å². The summed E-state index contributed by atoms with van der Waals surface area (Å²) in [5, 5.41) is 15.1. The molecule has 0 heterocycles. The number of carbonyl (C=O) groups excluding carboxylic acids is 5. The normalized spacial score (nSPS) is 15.3. The number of aldehydes is 1. The van der Waals surface area contributed by atoms with Crippen LogP contribution in [0.5, 0.6) is 0 Å². The van der Waals surface area contributed by atoms with E-state index < -0.39 is 23.9 Å². The number of nitrogens with one attached hydrogen (secondary N) is 2. The topological polar surface area (TPSA) is 208 Å². The van der Waals surface area contributed by atoms with Gasteiger partial charge >= 0.3 is 0 Å². The Bertz CT molecular complexity index is 711. The molecule has 0 saturated carbocycles. The molecular formula is C25H47N5O6S. The summed E-state index contributed by atoms with van der Waals surface area (Å²) < 4.78 is 0. The fourth-order valence-electron chi connectivity index (χ4n) is 3.61. The minimum absolute atomic E-state index is 0.0664. The molecule has 11 nitrogen and oxygen atoms in total. The molecule has 12 heteroatoms. The van der Waals surface area contributed by atoms with Crippen LogP contribution in [0.15, 0.2) is 0 Å². The van der Waals surface area contributed by atoms with E-state index in [1.807, 2.05) is 13.8 Å². The molecule has 0 radical (unpaired) electrons. The zero-order chi connectivity index (χ0) is 28.2. The number of aliphatic hydroxyl groups is 1. The van der Waals surface area contributed by atoms with E-state index in [4.69, 9.17) is 17.2 Å². The van der Waals surface area contributed by atoms with E-state index in [-0.39, 0.29) is 55.4 Å². The molecule has 0 aromatic rings. The van der Waals surface area contributed by atoms with Crippen LogP contribution in [0.2, 0.25) is 0 Å². The minimum atomic E-state index is -1.14. The van der Waals surface area contributed by atoms with Crippen LogP contribution >= 0.6 is 11.8 Å². The van der Waals surface area contributed by atoms with E-state index in [0.717, 1.165) is 31.3 Å². The Hall–Kier alpha value is -1.86. The van der Waals surface area contributed by atoms with Gasteiger partial charge in [-0.1, -0.05) is 20.3 Å². The van der Waals surface area contributed by atoms with Gasteiger partial charge in [-0.2, -0.15) is 11.8 Å². The van der Waals surface area contributed by atoms with E-state index in [2.05, 4.69) is 10.6 Å². The predicted molar refractivity (Wildman–Crippen MR) is 146 cm³/mol. The highest BCUT2D eigenvalue weighted by Crippen LogP contribution is 2.14. The Balaban J connectivity index is 4.55. The maximum absolute atomic E-state index is 12.8. The van der Waals surface area contributed by atoms with Gasteiger partial charge in [-0.15, -0.1) is 0 Å². The lowest BCUT2D eigenvalue weighted by Gasteiger charge is -2.22. The molecule has 37 heavy (non-hydrogen) atoms. The van der Waals surface area contributed by atoms with Crippen molar-refractivity contribution in [1.82, 2.24) is 10.6 Å². The first-order chi connectivity index (χ1) is 17.6. The van der Waals surface area contributed by atoms with Crippen molar-refractivity contribution in [1.29, 1.82) is 0 Å². The van der Waals surface area contributed by atoms with Gasteiger partial charge in [-0.25, -0.2) is 0 Å². The molecule has 0 spiro atoms. The monoisotopic (exact) mass is 545 g/mol. The van der Waals surface area contributed by atoms with Gasteiger partial charge in [0.05, 0.1) is 31.1 Å². The lowest BCUT2D eigenvalue weighted by atomic mass is 9.95. The quantitative estimate of drug-likeness (QED) is 0.0686. The number of unbranched alkanes of at least 4 members (excludes halogenated alkanes) is 1. The number of aliphatic hydroxyl groups excluding tert-OH is 1. The van der Waals surface area contributed by atoms with Gasteiger partial charge in [0.25, 0.3) is 0 Å². The number of rotatable bonds is 24. The number of hydrogen-bond acceptors (Lipinski definition) is 10. The Morgan fingerprint density at radius 1 is 1.08 bits per heavy atom. The second-order valence-electron chi connectivity index (χ2n) is 9.46. The Morgan fingerprint density at radius 3 is 2.35 bits per heavy atom. The van der Waals surface area contributed by atoms with Gasteiger partial charge in [0.2, 0.25) is 11.8 Å². The van der Waals surface area contributed by atoms with E-state index in [9.17, 15) is 29.1 Å². The maximum Gasteiger partial charge on any atom is 0.238 e. The molecule has 9 N–H and O–H groups in total. The first-order valence-corrected chi connectivity index (χ1v) is 14.2. The summed E-state index contributed by atoms with van der Waals surface area (Å²) in [7, 11) is 0. The van der Waals surface area contributed by atoms with E-state index >= 15 is 0 Å². The molecule has 214 valence electrons. The number of thioether (sulfide) groups is 1. The number of ketones is 2. The van der Waals surface area contributed by atoms with E-state index in [1.165, 1.54) is 0 Å². The van der Waals surface area contributed by atoms with Crippen LogP contribution in [0.25, 0.3) is 0 Å². The molecule has 0 aromatic carbocycles. The lowest BCUT2D eigenvalue weighted by molar-refractivity contribution is -0.130. The van der Waals surface area contributed by atoms with Crippen molar-refractivity contribution in [2.75, 3.05) is 31.2 Å². The van der Waals surface area contributed by atoms with E-state index in [1.54, 1.807) is 11.8 Å². The lowest BCUT2D eigenvalue weighted by Crippen LogP contribution is -2.50. The molecule has 0 fully saturated rings. The van der Waals surface area contributed by atoms with Gasteiger partial charge < -0.3 is 37.7 Å². The smallest absolute Gasteiger partial charge is 0.238 e. The van der Waals surface area contributed by atoms with Gasteiger partial charge in [0.15, 0.2) is 5.78 Å². The molecule has 0 saturated heterocycles. The van der Waals surface area contributed by atoms with E-state index in [0.29, 0.717) is 31.6 Å². The van der Waals surface area contributed by atoms with Crippen molar-refractivity contribution < 1.29 is 29.1 Å². The highest BCUT2D eigenvalue weighted by atomic mass is 32.2. The van der Waals surface area contributed by atoms with Gasteiger partial charge in [0.1, 0.15) is 12.1 Å². The van der Waals surface area contributed by atoms with Crippen molar-refractivity contribution in [3.05, 3.63) is 0 Å². The van der Waals surface area contributed by atoms with Crippen molar-refractivity contribution in [2.45, 2.75) is 83.3 Å². The SMILES string of the molecule is CC[C@@H](C)[C@@H](C=O)NCC(=O)CCCCSCCC(NC(=O)[C@@H](N)CC(N)=O)C(=O)CC(CO)CCN.